The molecule has 2 aliphatic rings. The third-order valence-corrected chi connectivity index (χ3v) is 7.10. The second-order valence-electron chi connectivity index (χ2n) is 8.43. The molecule has 1 aliphatic heterocycles. The van der Waals surface area contributed by atoms with E-state index in [-0.39, 0.29) is 30.2 Å². The fourth-order valence-electron chi connectivity index (χ4n) is 4.33. The molecule has 1 aliphatic carbocycles. The van der Waals surface area contributed by atoms with Gasteiger partial charge in [-0.05, 0) is 48.1 Å². The maximum Gasteiger partial charge on any atom is 0.294 e. The Kier molecular flexibility index (Phi) is 6.46. The van der Waals surface area contributed by atoms with E-state index in [1.54, 1.807) is 12.1 Å². The van der Waals surface area contributed by atoms with Gasteiger partial charge < -0.3 is 10.1 Å². The third kappa shape index (κ3) is 4.69. The summed E-state index contributed by atoms with van der Waals surface area (Å²) in [4.78, 5) is 27.7. The number of amides is 2. The fourth-order valence-corrected chi connectivity index (χ4v) is 4.73. The number of rotatable bonds is 4. The number of ether oxygens (including phenoxy) is 1. The Morgan fingerprint density at radius 3 is 2.71 bits per heavy atom. The zero-order valence-electron chi connectivity index (χ0n) is 17.8. The van der Waals surface area contributed by atoms with Crippen LogP contribution < -0.4 is 15.0 Å². The highest BCUT2D eigenvalue weighted by atomic mass is 79.9. The van der Waals surface area contributed by atoms with Crippen LogP contribution in [0.2, 0.25) is 0 Å². The van der Waals surface area contributed by atoms with Crippen LogP contribution in [0, 0.1) is 11.8 Å². The van der Waals surface area contributed by atoms with Crippen molar-refractivity contribution >= 4 is 39.5 Å². The highest BCUT2D eigenvalue weighted by Gasteiger charge is 2.33. The first-order valence-electron chi connectivity index (χ1n) is 10.8. The molecule has 2 amide bonds. The van der Waals surface area contributed by atoms with Crippen LogP contribution in [0.3, 0.4) is 0 Å². The average Bonchev–Trinajstić information content (AvgIpc) is 2.76. The molecule has 0 radical (unpaired) electrons. The zero-order chi connectivity index (χ0) is 22.0. The minimum absolute atomic E-state index is 0.0376. The predicted octanol–water partition coefficient (Wildman–Crippen LogP) is 5.16. The number of nitrogens with one attached hydrogen (secondary N) is 1. The lowest BCUT2D eigenvalue weighted by atomic mass is 9.78. The normalized spacial score (nSPS) is 24.5. The molecule has 31 heavy (non-hydrogen) atoms. The van der Waals surface area contributed by atoms with E-state index in [1.165, 1.54) is 11.3 Å². The summed E-state index contributed by atoms with van der Waals surface area (Å²) in [7, 11) is 0. The summed E-state index contributed by atoms with van der Waals surface area (Å²) in [6, 6.07) is 15.1. The highest BCUT2D eigenvalue weighted by molar-refractivity contribution is 9.10. The number of anilines is 1. The van der Waals surface area contributed by atoms with Crippen molar-refractivity contribution in [2.45, 2.75) is 39.2 Å². The van der Waals surface area contributed by atoms with Crippen LogP contribution in [0.15, 0.2) is 58.8 Å². The van der Waals surface area contributed by atoms with E-state index in [0.29, 0.717) is 23.3 Å². The Labute approximate surface area is 191 Å². The van der Waals surface area contributed by atoms with Crippen molar-refractivity contribution in [3.63, 3.8) is 0 Å². The monoisotopic (exact) mass is 482 g/mol. The van der Waals surface area contributed by atoms with Crippen LogP contribution in [-0.4, -0.2) is 24.4 Å². The molecular weight excluding hydrogens is 456 g/mol. The number of nitrogens with zero attached hydrogens (tertiary/aromatic N) is 1. The lowest BCUT2D eigenvalue weighted by Gasteiger charge is -2.35. The molecule has 0 spiro atoms. The first-order valence-corrected chi connectivity index (χ1v) is 11.6. The van der Waals surface area contributed by atoms with Gasteiger partial charge in [0.05, 0.1) is 5.69 Å². The summed E-state index contributed by atoms with van der Waals surface area (Å²) in [6.07, 6.45) is 5.01. The van der Waals surface area contributed by atoms with Crippen molar-refractivity contribution in [1.82, 2.24) is 5.32 Å². The van der Waals surface area contributed by atoms with Gasteiger partial charge >= 0.3 is 0 Å². The van der Waals surface area contributed by atoms with E-state index in [1.807, 2.05) is 42.5 Å². The average molecular weight is 483 g/mol. The van der Waals surface area contributed by atoms with E-state index in [4.69, 9.17) is 4.74 Å². The number of carbonyl (C=O) groups is 2. The van der Waals surface area contributed by atoms with E-state index in [2.05, 4.69) is 35.1 Å². The number of halogens is 1. The molecule has 2 aromatic rings. The largest absolute Gasteiger partial charge is 0.449 e. The molecule has 3 atom stereocenters. The topological polar surface area (TPSA) is 58.6 Å². The van der Waals surface area contributed by atoms with Gasteiger partial charge in [0.1, 0.15) is 6.54 Å². The van der Waals surface area contributed by atoms with Crippen LogP contribution in [-0.2, 0) is 9.59 Å². The standard InChI is InChI=1S/C25H27BrN2O3/c1-16-8-7-11-20(17(16)2)27-24(29)15-28-21-12-5-6-13-22(21)31-23(25(28)30)14-18-9-3-4-10-19(18)26/h3-6,9-10,12-14,16-17,20H,7-8,11,15H2,1-2H3,(H,27,29)/b23-14+/t16-,17+,20+/m1/s1. The number of fused-ring (bicyclic) bond motifs is 1. The number of para-hydroxylation sites is 2. The Morgan fingerprint density at radius 2 is 1.90 bits per heavy atom. The van der Waals surface area contributed by atoms with Crippen molar-refractivity contribution in [3.8, 4) is 5.75 Å². The molecule has 4 rings (SSSR count). The second kappa shape index (κ2) is 9.27. The van der Waals surface area contributed by atoms with E-state index >= 15 is 0 Å². The van der Waals surface area contributed by atoms with Gasteiger partial charge in [-0.2, -0.15) is 0 Å². The van der Waals surface area contributed by atoms with Gasteiger partial charge in [-0.3, -0.25) is 14.5 Å². The van der Waals surface area contributed by atoms with Crippen molar-refractivity contribution < 1.29 is 14.3 Å². The minimum atomic E-state index is -0.324. The molecule has 0 aromatic heterocycles. The summed E-state index contributed by atoms with van der Waals surface area (Å²) in [5, 5.41) is 3.17. The molecule has 5 nitrogen and oxygen atoms in total. The Hall–Kier alpha value is -2.60. The van der Waals surface area contributed by atoms with Gasteiger partial charge in [0.15, 0.2) is 11.5 Å². The number of benzene rings is 2. The van der Waals surface area contributed by atoms with Gasteiger partial charge in [0.2, 0.25) is 5.91 Å². The lowest BCUT2D eigenvalue weighted by molar-refractivity contribution is -0.124. The molecule has 1 heterocycles. The van der Waals surface area contributed by atoms with E-state index < -0.39 is 0 Å². The maximum absolute atomic E-state index is 13.3. The quantitative estimate of drug-likeness (QED) is 0.612. The maximum atomic E-state index is 13.3. The Bertz CT molecular complexity index is 1020. The van der Waals surface area contributed by atoms with E-state index in [9.17, 15) is 9.59 Å². The summed E-state index contributed by atoms with van der Waals surface area (Å²) < 4.78 is 6.78. The summed E-state index contributed by atoms with van der Waals surface area (Å²) in [6.45, 7) is 4.40. The van der Waals surface area contributed by atoms with Crippen molar-refractivity contribution in [3.05, 3.63) is 64.3 Å². The number of hydrogen-bond acceptors (Lipinski definition) is 3. The van der Waals surface area contributed by atoms with Gasteiger partial charge in [-0.15, -0.1) is 0 Å². The second-order valence-corrected chi connectivity index (χ2v) is 9.29. The van der Waals surface area contributed by atoms with Crippen LogP contribution in [0.1, 0.15) is 38.7 Å². The van der Waals surface area contributed by atoms with Gasteiger partial charge in [0.25, 0.3) is 5.91 Å². The first-order chi connectivity index (χ1) is 14.9. The summed E-state index contributed by atoms with van der Waals surface area (Å²) >= 11 is 3.51. The van der Waals surface area contributed by atoms with E-state index in [0.717, 1.165) is 22.9 Å². The van der Waals surface area contributed by atoms with Gasteiger partial charge in [-0.25, -0.2) is 0 Å². The number of hydrogen-bond donors (Lipinski definition) is 1. The van der Waals surface area contributed by atoms with Crippen molar-refractivity contribution in [2.24, 2.45) is 11.8 Å². The fraction of sp³-hybridized carbons (Fsp3) is 0.360. The summed E-state index contributed by atoms with van der Waals surface area (Å²) in [5.41, 5.74) is 1.44. The molecule has 0 saturated heterocycles. The molecule has 1 fully saturated rings. The number of carbonyl (C=O) groups excluding carboxylic acids is 2. The first kappa shape index (κ1) is 21.6. The Morgan fingerprint density at radius 1 is 1.16 bits per heavy atom. The molecule has 0 bridgehead atoms. The Balaban J connectivity index is 1.58. The van der Waals surface area contributed by atoms with Gasteiger partial charge in [-0.1, -0.05) is 73.0 Å². The molecule has 1 N–H and O–H groups in total. The van der Waals surface area contributed by atoms with Gasteiger partial charge in [0, 0.05) is 10.5 Å². The smallest absolute Gasteiger partial charge is 0.294 e. The molecular formula is C25H27BrN2O3. The van der Waals surface area contributed by atoms with Crippen molar-refractivity contribution in [1.29, 1.82) is 0 Å². The zero-order valence-corrected chi connectivity index (χ0v) is 19.4. The predicted molar refractivity (Wildman–Crippen MR) is 126 cm³/mol. The molecule has 2 aromatic carbocycles. The van der Waals surface area contributed by atoms with Crippen LogP contribution in [0.4, 0.5) is 5.69 Å². The SMILES string of the molecule is C[C@H]1[C@H](C)CCC[C@@H]1NC(=O)CN1C(=O)/C(=C\c2ccccc2Br)Oc2ccccc21. The lowest BCUT2D eigenvalue weighted by Crippen LogP contribution is -2.49. The molecule has 162 valence electrons. The molecule has 6 heteroatoms. The summed E-state index contributed by atoms with van der Waals surface area (Å²) in [5.74, 6) is 1.30. The van der Waals surface area contributed by atoms with Crippen molar-refractivity contribution in [2.75, 3.05) is 11.4 Å². The molecule has 0 unspecified atom stereocenters. The minimum Gasteiger partial charge on any atom is -0.449 e. The highest BCUT2D eigenvalue weighted by Crippen LogP contribution is 2.36. The molecule has 1 saturated carbocycles. The van der Waals surface area contributed by atoms with Crippen LogP contribution >= 0.6 is 15.9 Å². The van der Waals surface area contributed by atoms with Crippen LogP contribution in [0.25, 0.3) is 6.08 Å². The third-order valence-electron chi connectivity index (χ3n) is 6.38. The van der Waals surface area contributed by atoms with Crippen LogP contribution in [0.5, 0.6) is 5.75 Å².